The summed E-state index contributed by atoms with van der Waals surface area (Å²) in [5.41, 5.74) is 2.91. The van der Waals surface area contributed by atoms with Crippen LogP contribution in [0.3, 0.4) is 0 Å². The molecular weight excluding hydrogens is 414 g/mol. The molecule has 0 bridgehead atoms. The second-order valence-corrected chi connectivity index (χ2v) is 7.36. The Morgan fingerprint density at radius 3 is 2.23 bits per heavy atom. The molecule has 0 spiro atoms. The molecule has 4 rings (SSSR count). The van der Waals surface area contributed by atoms with E-state index in [1.807, 2.05) is 30.5 Å². The van der Waals surface area contributed by atoms with Crippen LogP contribution in [0.1, 0.15) is 5.56 Å². The monoisotopic (exact) mass is 433 g/mol. The second kappa shape index (κ2) is 9.36. The maximum absolute atomic E-state index is 12.6. The van der Waals surface area contributed by atoms with E-state index >= 15 is 0 Å². The highest BCUT2D eigenvalue weighted by atomic mass is 35.5. The predicted molar refractivity (Wildman–Crippen MR) is 123 cm³/mol. The number of carbonyl (C=O) groups excluding carboxylic acids is 2. The Morgan fingerprint density at radius 2 is 1.48 bits per heavy atom. The van der Waals surface area contributed by atoms with E-state index in [4.69, 9.17) is 16.3 Å². The molecule has 3 N–H and O–H groups in total. The van der Waals surface area contributed by atoms with Gasteiger partial charge in [0.05, 0.1) is 17.8 Å². The van der Waals surface area contributed by atoms with Crippen molar-refractivity contribution in [1.82, 2.24) is 4.98 Å². The SMILES string of the molecule is O=C(COc1ccc(Cl)cc1)Nc1ccccc1NC(=O)Cc1c[nH]c2ccccc12. The maximum atomic E-state index is 12.6. The molecule has 0 unspecified atom stereocenters. The number of carbonyl (C=O) groups is 2. The van der Waals surface area contributed by atoms with E-state index in [2.05, 4.69) is 15.6 Å². The van der Waals surface area contributed by atoms with Gasteiger partial charge in [-0.15, -0.1) is 0 Å². The van der Waals surface area contributed by atoms with Crippen LogP contribution in [0, 0.1) is 0 Å². The molecule has 4 aromatic rings. The summed E-state index contributed by atoms with van der Waals surface area (Å²) in [6, 6.07) is 21.6. The zero-order valence-corrected chi connectivity index (χ0v) is 17.3. The third-order valence-corrected chi connectivity index (χ3v) is 4.94. The minimum atomic E-state index is -0.340. The van der Waals surface area contributed by atoms with E-state index in [0.29, 0.717) is 22.1 Å². The number of hydrogen-bond acceptors (Lipinski definition) is 3. The lowest BCUT2D eigenvalue weighted by Crippen LogP contribution is -2.22. The van der Waals surface area contributed by atoms with Gasteiger partial charge in [0, 0.05) is 22.1 Å². The third-order valence-electron chi connectivity index (χ3n) is 4.68. The number of fused-ring (bicyclic) bond motifs is 1. The fraction of sp³-hybridized carbons (Fsp3) is 0.0833. The lowest BCUT2D eigenvalue weighted by molar-refractivity contribution is -0.118. The van der Waals surface area contributed by atoms with Crippen LogP contribution in [-0.2, 0) is 16.0 Å². The van der Waals surface area contributed by atoms with Crippen molar-refractivity contribution in [2.75, 3.05) is 17.2 Å². The van der Waals surface area contributed by atoms with Gasteiger partial charge in [0.1, 0.15) is 5.75 Å². The molecular formula is C24H20ClN3O3. The van der Waals surface area contributed by atoms with Crippen molar-refractivity contribution in [2.45, 2.75) is 6.42 Å². The standard InChI is InChI=1S/C24H20ClN3O3/c25-17-9-11-18(12-10-17)31-15-24(30)28-22-8-4-3-7-21(22)27-23(29)13-16-14-26-20-6-2-1-5-19(16)20/h1-12,14,26H,13,15H2,(H,27,29)(H,28,30). The van der Waals surface area contributed by atoms with Crippen LogP contribution in [0.5, 0.6) is 5.75 Å². The number of nitrogens with one attached hydrogen (secondary N) is 3. The first-order valence-corrected chi connectivity index (χ1v) is 10.1. The number of aromatic nitrogens is 1. The molecule has 3 aromatic carbocycles. The minimum absolute atomic E-state index is 0.167. The number of para-hydroxylation sites is 3. The number of hydrogen-bond donors (Lipinski definition) is 3. The molecule has 7 heteroatoms. The first kappa shape index (κ1) is 20.5. The average molecular weight is 434 g/mol. The van der Waals surface area contributed by atoms with Crippen LogP contribution in [0.4, 0.5) is 11.4 Å². The minimum Gasteiger partial charge on any atom is -0.484 e. The lowest BCUT2D eigenvalue weighted by atomic mass is 10.1. The van der Waals surface area contributed by atoms with Crippen LogP contribution >= 0.6 is 11.6 Å². The third kappa shape index (κ3) is 5.24. The topological polar surface area (TPSA) is 83.2 Å². The van der Waals surface area contributed by atoms with Crippen molar-refractivity contribution in [3.63, 3.8) is 0 Å². The Bertz CT molecular complexity index is 1220. The molecule has 156 valence electrons. The first-order chi connectivity index (χ1) is 15.1. The largest absolute Gasteiger partial charge is 0.484 e. The van der Waals surface area contributed by atoms with Gasteiger partial charge in [-0.2, -0.15) is 0 Å². The van der Waals surface area contributed by atoms with E-state index in [1.165, 1.54) is 0 Å². The normalized spacial score (nSPS) is 10.6. The van der Waals surface area contributed by atoms with E-state index in [9.17, 15) is 9.59 Å². The van der Waals surface area contributed by atoms with Gasteiger partial charge in [0.15, 0.2) is 6.61 Å². The van der Waals surface area contributed by atoms with Crippen molar-refractivity contribution in [2.24, 2.45) is 0 Å². The Kier molecular flexibility index (Phi) is 6.19. The summed E-state index contributed by atoms with van der Waals surface area (Å²) in [4.78, 5) is 28.1. The van der Waals surface area contributed by atoms with Crippen molar-refractivity contribution < 1.29 is 14.3 Å². The van der Waals surface area contributed by atoms with Crippen molar-refractivity contribution >= 4 is 45.7 Å². The Labute approximate surface area is 184 Å². The fourth-order valence-corrected chi connectivity index (χ4v) is 3.34. The molecule has 0 aliphatic carbocycles. The van der Waals surface area contributed by atoms with Crippen LogP contribution in [0.15, 0.2) is 79.0 Å². The first-order valence-electron chi connectivity index (χ1n) is 9.70. The summed E-state index contributed by atoms with van der Waals surface area (Å²) in [7, 11) is 0. The molecule has 1 aromatic heterocycles. The average Bonchev–Trinajstić information content (AvgIpc) is 3.17. The van der Waals surface area contributed by atoms with E-state index in [0.717, 1.165) is 16.5 Å². The molecule has 0 saturated heterocycles. The highest BCUT2D eigenvalue weighted by molar-refractivity contribution is 6.30. The van der Waals surface area contributed by atoms with Crippen LogP contribution in [0.2, 0.25) is 5.02 Å². The van der Waals surface area contributed by atoms with Crippen molar-refractivity contribution in [3.05, 3.63) is 89.6 Å². The van der Waals surface area contributed by atoms with Gasteiger partial charge in [0.2, 0.25) is 5.91 Å². The molecule has 6 nitrogen and oxygen atoms in total. The Morgan fingerprint density at radius 1 is 0.839 bits per heavy atom. The molecule has 2 amide bonds. The Hall–Kier alpha value is -3.77. The van der Waals surface area contributed by atoms with Crippen molar-refractivity contribution in [1.29, 1.82) is 0 Å². The zero-order valence-electron chi connectivity index (χ0n) is 16.5. The number of benzene rings is 3. The number of amides is 2. The summed E-state index contributed by atoms with van der Waals surface area (Å²) >= 11 is 5.84. The molecule has 0 fully saturated rings. The number of ether oxygens (including phenoxy) is 1. The van der Waals surface area contributed by atoms with Gasteiger partial charge >= 0.3 is 0 Å². The molecule has 0 aliphatic rings. The highest BCUT2D eigenvalue weighted by Gasteiger charge is 2.12. The quantitative estimate of drug-likeness (QED) is 0.382. The fourth-order valence-electron chi connectivity index (χ4n) is 3.21. The van der Waals surface area contributed by atoms with E-state index in [1.54, 1.807) is 48.5 Å². The van der Waals surface area contributed by atoms with E-state index < -0.39 is 0 Å². The van der Waals surface area contributed by atoms with Crippen molar-refractivity contribution in [3.8, 4) is 5.75 Å². The van der Waals surface area contributed by atoms with E-state index in [-0.39, 0.29) is 24.8 Å². The van der Waals surface area contributed by atoms with Crippen LogP contribution in [-0.4, -0.2) is 23.4 Å². The summed E-state index contributed by atoms with van der Waals surface area (Å²) in [5, 5.41) is 7.26. The molecule has 1 heterocycles. The number of rotatable bonds is 7. The summed E-state index contributed by atoms with van der Waals surface area (Å²) in [6.45, 7) is -0.167. The molecule has 0 saturated carbocycles. The van der Waals surface area contributed by atoms with Gasteiger partial charge in [0.25, 0.3) is 5.91 Å². The summed E-state index contributed by atoms with van der Waals surface area (Å²) in [5.74, 6) is 0.0250. The molecule has 31 heavy (non-hydrogen) atoms. The van der Waals surface area contributed by atoms with Gasteiger partial charge < -0.3 is 20.4 Å². The number of aromatic amines is 1. The zero-order chi connectivity index (χ0) is 21.6. The molecule has 0 aliphatic heterocycles. The summed E-state index contributed by atoms with van der Waals surface area (Å²) < 4.78 is 5.47. The van der Waals surface area contributed by atoms with Gasteiger partial charge in [-0.05, 0) is 48.0 Å². The maximum Gasteiger partial charge on any atom is 0.262 e. The van der Waals surface area contributed by atoms with Gasteiger partial charge in [-0.1, -0.05) is 41.9 Å². The smallest absolute Gasteiger partial charge is 0.262 e. The molecule has 0 radical (unpaired) electrons. The summed E-state index contributed by atoms with van der Waals surface area (Å²) in [6.07, 6.45) is 2.05. The number of halogens is 1. The Balaban J connectivity index is 1.38. The van der Waals surface area contributed by atoms with Gasteiger partial charge in [-0.3, -0.25) is 9.59 Å². The van der Waals surface area contributed by atoms with Crippen LogP contribution < -0.4 is 15.4 Å². The van der Waals surface area contributed by atoms with Crippen LogP contribution in [0.25, 0.3) is 10.9 Å². The highest BCUT2D eigenvalue weighted by Crippen LogP contribution is 2.23. The second-order valence-electron chi connectivity index (χ2n) is 6.92. The van der Waals surface area contributed by atoms with Gasteiger partial charge in [-0.25, -0.2) is 0 Å². The lowest BCUT2D eigenvalue weighted by Gasteiger charge is -2.13. The predicted octanol–water partition coefficient (Wildman–Crippen LogP) is 5.02. The number of anilines is 2. The molecule has 0 atom stereocenters. The number of H-pyrrole nitrogens is 1.